The van der Waals surface area contributed by atoms with Crippen molar-refractivity contribution in [2.45, 2.75) is 24.4 Å². The molecule has 0 saturated carbocycles. The van der Waals surface area contributed by atoms with E-state index in [0.717, 1.165) is 27.8 Å². The SMILES string of the molecule is COc1cc(C[C@H](CO)c2ccc([C@H]3Oc4c(OC)cc(/C=C/CO)cc4[C@@H]3CO)cc2OC)ccc1O. The molecule has 3 atom stereocenters. The van der Waals surface area contributed by atoms with Gasteiger partial charge in [0, 0.05) is 11.5 Å². The highest BCUT2D eigenvalue weighted by Crippen LogP contribution is 2.51. The Morgan fingerprint density at radius 1 is 0.895 bits per heavy atom. The van der Waals surface area contributed by atoms with Crippen molar-refractivity contribution in [2.24, 2.45) is 0 Å². The summed E-state index contributed by atoms with van der Waals surface area (Å²) in [5.41, 5.74) is 4.21. The lowest BCUT2D eigenvalue weighted by Gasteiger charge is -2.22. The Labute approximate surface area is 222 Å². The molecule has 0 radical (unpaired) electrons. The zero-order valence-electron chi connectivity index (χ0n) is 21.8. The van der Waals surface area contributed by atoms with Crippen molar-refractivity contribution in [3.05, 3.63) is 82.4 Å². The summed E-state index contributed by atoms with van der Waals surface area (Å²) in [6.07, 6.45) is 3.46. The first kappa shape index (κ1) is 27.3. The van der Waals surface area contributed by atoms with Crippen LogP contribution in [0.2, 0.25) is 0 Å². The van der Waals surface area contributed by atoms with Gasteiger partial charge in [-0.2, -0.15) is 0 Å². The van der Waals surface area contributed by atoms with Crippen molar-refractivity contribution in [3.8, 4) is 28.7 Å². The smallest absolute Gasteiger partial charge is 0.165 e. The van der Waals surface area contributed by atoms with Gasteiger partial charge in [-0.25, -0.2) is 0 Å². The Balaban J connectivity index is 1.65. The number of ether oxygens (including phenoxy) is 4. The van der Waals surface area contributed by atoms with Gasteiger partial charge in [0.15, 0.2) is 23.0 Å². The molecule has 3 aromatic rings. The quantitative estimate of drug-likeness (QED) is 0.299. The fourth-order valence-corrected chi connectivity index (χ4v) is 5.00. The number of rotatable bonds is 11. The monoisotopic (exact) mass is 522 g/mol. The minimum absolute atomic E-state index is 0.0582. The molecular formula is C30H34O8. The zero-order valence-corrected chi connectivity index (χ0v) is 21.8. The second-order valence-electron chi connectivity index (χ2n) is 9.15. The van der Waals surface area contributed by atoms with E-state index in [0.29, 0.717) is 29.4 Å². The van der Waals surface area contributed by atoms with Gasteiger partial charge in [-0.05, 0) is 59.0 Å². The first-order valence-electron chi connectivity index (χ1n) is 12.4. The molecule has 4 N–H and O–H groups in total. The van der Waals surface area contributed by atoms with Crippen molar-refractivity contribution >= 4 is 6.08 Å². The number of hydrogen-bond acceptors (Lipinski definition) is 8. The maximum absolute atomic E-state index is 10.3. The van der Waals surface area contributed by atoms with Gasteiger partial charge in [0.25, 0.3) is 0 Å². The Hall–Kier alpha value is -3.72. The molecular weight excluding hydrogens is 488 g/mol. The Morgan fingerprint density at radius 2 is 1.66 bits per heavy atom. The Bertz CT molecular complexity index is 1290. The summed E-state index contributed by atoms with van der Waals surface area (Å²) in [6, 6.07) is 14.6. The number of aliphatic hydroxyl groups excluding tert-OH is 3. The van der Waals surface area contributed by atoms with Crippen LogP contribution in [0.4, 0.5) is 0 Å². The van der Waals surface area contributed by atoms with Crippen molar-refractivity contribution in [3.63, 3.8) is 0 Å². The highest BCUT2D eigenvalue weighted by molar-refractivity contribution is 5.62. The molecule has 0 aromatic heterocycles. The molecule has 1 heterocycles. The number of hydrogen-bond donors (Lipinski definition) is 4. The molecule has 38 heavy (non-hydrogen) atoms. The summed E-state index contributed by atoms with van der Waals surface area (Å²) < 4.78 is 22.9. The third-order valence-electron chi connectivity index (χ3n) is 6.92. The van der Waals surface area contributed by atoms with E-state index in [9.17, 15) is 15.3 Å². The van der Waals surface area contributed by atoms with E-state index in [1.807, 2.05) is 30.3 Å². The molecule has 4 rings (SSSR count). The van der Waals surface area contributed by atoms with E-state index in [1.165, 1.54) is 7.11 Å². The fraction of sp³-hybridized carbons (Fsp3) is 0.333. The summed E-state index contributed by atoms with van der Waals surface area (Å²) >= 11 is 0. The lowest BCUT2D eigenvalue weighted by Crippen LogP contribution is -2.15. The molecule has 0 saturated heterocycles. The molecule has 1 aliphatic heterocycles. The fourth-order valence-electron chi connectivity index (χ4n) is 5.00. The van der Waals surface area contributed by atoms with Crippen LogP contribution in [0.15, 0.2) is 54.6 Å². The van der Waals surface area contributed by atoms with Crippen LogP contribution >= 0.6 is 0 Å². The Morgan fingerprint density at radius 3 is 2.32 bits per heavy atom. The van der Waals surface area contributed by atoms with Crippen molar-refractivity contribution in [1.29, 1.82) is 0 Å². The second-order valence-corrected chi connectivity index (χ2v) is 9.15. The highest BCUT2D eigenvalue weighted by Gasteiger charge is 2.38. The van der Waals surface area contributed by atoms with Crippen LogP contribution in [0.1, 0.15) is 45.8 Å². The van der Waals surface area contributed by atoms with Gasteiger partial charge in [0.1, 0.15) is 11.9 Å². The predicted octanol–water partition coefficient (Wildman–Crippen LogP) is 3.95. The van der Waals surface area contributed by atoms with Gasteiger partial charge >= 0.3 is 0 Å². The number of aromatic hydroxyl groups is 1. The molecule has 0 amide bonds. The first-order valence-corrected chi connectivity index (χ1v) is 12.4. The molecule has 8 nitrogen and oxygen atoms in total. The van der Waals surface area contributed by atoms with E-state index in [2.05, 4.69) is 0 Å². The van der Waals surface area contributed by atoms with E-state index in [4.69, 9.17) is 24.1 Å². The van der Waals surface area contributed by atoms with Crippen LogP contribution in [0.25, 0.3) is 6.08 Å². The minimum atomic E-state index is -0.474. The molecule has 8 heteroatoms. The molecule has 0 bridgehead atoms. The number of phenols is 1. The predicted molar refractivity (Wildman–Crippen MR) is 143 cm³/mol. The third-order valence-corrected chi connectivity index (χ3v) is 6.92. The average Bonchev–Trinajstić information content (AvgIpc) is 3.33. The lowest BCUT2D eigenvalue weighted by molar-refractivity contribution is 0.157. The summed E-state index contributed by atoms with van der Waals surface area (Å²) in [4.78, 5) is 0. The Kier molecular flexibility index (Phi) is 8.78. The minimum Gasteiger partial charge on any atom is -0.504 e. The maximum atomic E-state index is 10.3. The van der Waals surface area contributed by atoms with Crippen molar-refractivity contribution < 1.29 is 39.4 Å². The van der Waals surface area contributed by atoms with Crippen LogP contribution < -0.4 is 18.9 Å². The number of methoxy groups -OCH3 is 3. The molecule has 1 aliphatic rings. The van der Waals surface area contributed by atoms with Crippen LogP contribution in [0.3, 0.4) is 0 Å². The van der Waals surface area contributed by atoms with E-state index < -0.39 is 6.10 Å². The molecule has 3 aromatic carbocycles. The maximum Gasteiger partial charge on any atom is 0.165 e. The molecule has 0 unspecified atom stereocenters. The van der Waals surface area contributed by atoms with Gasteiger partial charge in [-0.15, -0.1) is 0 Å². The largest absolute Gasteiger partial charge is 0.504 e. The van der Waals surface area contributed by atoms with E-state index in [-0.39, 0.29) is 37.4 Å². The second kappa shape index (κ2) is 12.2. The van der Waals surface area contributed by atoms with E-state index >= 15 is 0 Å². The molecule has 0 aliphatic carbocycles. The standard InChI is InChI=1S/C30H34O8/c1-35-26-15-20(7-8-22(26)21(16-32)11-19-6-9-25(34)27(13-19)36-2)29-24(17-33)23-12-18(5-4-10-31)14-28(37-3)30(23)38-29/h4-9,12-15,21,24,29,31-34H,10-11,16-17H2,1-3H3/b5-4+/t21-,24+,29-/m1/s1. The lowest BCUT2D eigenvalue weighted by atomic mass is 9.87. The van der Waals surface area contributed by atoms with Gasteiger partial charge in [-0.3, -0.25) is 0 Å². The molecule has 202 valence electrons. The third kappa shape index (κ3) is 5.43. The topological polar surface area (TPSA) is 118 Å². The number of benzene rings is 3. The van der Waals surface area contributed by atoms with Gasteiger partial charge in [0.05, 0.1) is 47.1 Å². The van der Waals surface area contributed by atoms with Crippen molar-refractivity contribution in [2.75, 3.05) is 41.2 Å². The number of fused-ring (bicyclic) bond motifs is 1. The van der Waals surface area contributed by atoms with Crippen LogP contribution in [-0.4, -0.2) is 61.6 Å². The zero-order chi connectivity index (χ0) is 27.2. The normalized spacial score (nSPS) is 17.2. The van der Waals surface area contributed by atoms with Crippen molar-refractivity contribution in [1.82, 2.24) is 0 Å². The van der Waals surface area contributed by atoms with Gasteiger partial charge in [-0.1, -0.05) is 30.4 Å². The molecule has 0 spiro atoms. The van der Waals surface area contributed by atoms with Crippen LogP contribution in [0.5, 0.6) is 28.7 Å². The average molecular weight is 523 g/mol. The summed E-state index contributed by atoms with van der Waals surface area (Å²) in [5.74, 6) is 1.56. The first-order chi connectivity index (χ1) is 18.5. The summed E-state index contributed by atoms with van der Waals surface area (Å²) in [7, 11) is 4.64. The van der Waals surface area contributed by atoms with Crippen LogP contribution in [0, 0.1) is 0 Å². The number of phenolic OH excluding ortho intramolecular Hbond substituents is 1. The summed E-state index contributed by atoms with van der Waals surface area (Å²) in [6.45, 7) is -0.325. The highest BCUT2D eigenvalue weighted by atomic mass is 16.5. The van der Waals surface area contributed by atoms with Gasteiger partial charge < -0.3 is 39.4 Å². The summed E-state index contributed by atoms with van der Waals surface area (Å²) in [5, 5.41) is 39.6. The number of aliphatic hydroxyl groups is 3. The van der Waals surface area contributed by atoms with Gasteiger partial charge in [0.2, 0.25) is 0 Å². The van der Waals surface area contributed by atoms with Crippen LogP contribution in [-0.2, 0) is 6.42 Å². The molecule has 0 fully saturated rings. The van der Waals surface area contributed by atoms with E-state index in [1.54, 1.807) is 44.6 Å².